The lowest BCUT2D eigenvalue weighted by molar-refractivity contribution is 0.127. The highest BCUT2D eigenvalue weighted by molar-refractivity contribution is 6.42. The van der Waals surface area contributed by atoms with Crippen molar-refractivity contribution in [2.45, 2.75) is 24.6 Å². The number of ether oxygens (including phenoxy) is 1. The molecule has 0 aliphatic carbocycles. The van der Waals surface area contributed by atoms with Crippen LogP contribution < -0.4 is 21.5 Å². The molecule has 0 radical (unpaired) electrons. The van der Waals surface area contributed by atoms with Crippen molar-refractivity contribution >= 4 is 29.5 Å². The molecule has 1 saturated heterocycles. The summed E-state index contributed by atoms with van der Waals surface area (Å²) in [6.45, 7) is 1.58. The summed E-state index contributed by atoms with van der Waals surface area (Å²) in [5.74, 6) is 4.13. The fraction of sp³-hybridized carbons (Fsp3) is 0.353. The molecule has 1 fully saturated rings. The second kappa shape index (κ2) is 7.44. The van der Waals surface area contributed by atoms with Crippen LogP contribution in [0.4, 0.5) is 0 Å². The van der Waals surface area contributed by atoms with Gasteiger partial charge in [0, 0.05) is 44.1 Å². The van der Waals surface area contributed by atoms with Crippen LogP contribution in [0.5, 0.6) is 5.75 Å². The van der Waals surface area contributed by atoms with Crippen LogP contribution in [0, 0.1) is 12.0 Å². The van der Waals surface area contributed by atoms with Crippen molar-refractivity contribution in [3.63, 3.8) is 0 Å². The molecule has 25 heavy (non-hydrogen) atoms. The third-order valence-electron chi connectivity index (χ3n) is 3.93. The molecular weight excluding hydrogens is 361 g/mol. The fourth-order valence-corrected chi connectivity index (χ4v) is 2.88. The van der Waals surface area contributed by atoms with E-state index >= 15 is 0 Å². The number of nitrogens with one attached hydrogen (secondary N) is 1. The average molecular weight is 380 g/mol. The third kappa shape index (κ3) is 4.73. The van der Waals surface area contributed by atoms with Crippen LogP contribution in [-0.2, 0) is 0 Å². The average Bonchev–Trinajstić information content (AvgIpc) is 2.57. The lowest BCUT2D eigenvalue weighted by Crippen LogP contribution is -2.41. The van der Waals surface area contributed by atoms with Crippen molar-refractivity contribution < 1.29 is 4.74 Å². The summed E-state index contributed by atoms with van der Waals surface area (Å²) in [7, 11) is 0. The number of hydrogen-bond donors (Lipinski definition) is 3. The second-order valence-corrected chi connectivity index (χ2v) is 6.76. The van der Waals surface area contributed by atoms with Gasteiger partial charge in [-0.25, -0.2) is 4.99 Å². The number of likely N-dealkylation sites (tertiary alicyclic amines) is 1. The van der Waals surface area contributed by atoms with Crippen molar-refractivity contribution in [3.8, 4) is 17.7 Å². The number of aliphatic imine (C=N–C) groups is 1. The van der Waals surface area contributed by atoms with Crippen LogP contribution in [0.1, 0.15) is 12.8 Å². The minimum Gasteiger partial charge on any atom is -0.490 e. The summed E-state index contributed by atoms with van der Waals surface area (Å²) in [6.07, 6.45) is 4.89. The molecule has 8 heteroatoms. The number of hydrogen-bond acceptors (Lipinski definition) is 6. The Hall–Kier alpha value is -2.07. The molecule has 6 nitrogen and oxygen atoms in total. The topological polar surface area (TPSA) is 88.9 Å². The summed E-state index contributed by atoms with van der Waals surface area (Å²) >= 11 is 11.9. The second-order valence-electron chi connectivity index (χ2n) is 5.94. The van der Waals surface area contributed by atoms with Gasteiger partial charge in [-0.15, -0.1) is 0 Å². The molecule has 0 spiro atoms. The van der Waals surface area contributed by atoms with E-state index in [1.165, 1.54) is 6.34 Å². The van der Waals surface area contributed by atoms with Gasteiger partial charge in [0.15, 0.2) is 5.66 Å². The Kier molecular flexibility index (Phi) is 5.28. The van der Waals surface area contributed by atoms with E-state index < -0.39 is 5.66 Å². The van der Waals surface area contributed by atoms with Crippen molar-refractivity contribution in [2.24, 2.45) is 16.5 Å². The van der Waals surface area contributed by atoms with Crippen molar-refractivity contribution in [3.05, 3.63) is 40.1 Å². The summed E-state index contributed by atoms with van der Waals surface area (Å²) < 4.78 is 5.97. The summed E-state index contributed by atoms with van der Waals surface area (Å²) in [5.41, 5.74) is 10.7. The van der Waals surface area contributed by atoms with Gasteiger partial charge in [0.05, 0.1) is 16.4 Å². The quantitative estimate of drug-likeness (QED) is 0.682. The smallest absolute Gasteiger partial charge is 0.196 e. The maximum atomic E-state index is 6.08. The Morgan fingerprint density at radius 3 is 2.72 bits per heavy atom. The lowest BCUT2D eigenvalue weighted by atomic mass is 10.1. The normalized spacial score (nSPS) is 23.3. The molecule has 2 aliphatic rings. The monoisotopic (exact) mass is 379 g/mol. The van der Waals surface area contributed by atoms with Crippen LogP contribution in [0.15, 0.2) is 35.1 Å². The van der Waals surface area contributed by atoms with E-state index in [0.717, 1.165) is 31.7 Å². The molecule has 1 unspecified atom stereocenters. The van der Waals surface area contributed by atoms with E-state index in [2.05, 4.69) is 22.3 Å². The van der Waals surface area contributed by atoms with Gasteiger partial charge < -0.3 is 20.7 Å². The van der Waals surface area contributed by atoms with Crippen molar-refractivity contribution in [1.29, 1.82) is 0 Å². The van der Waals surface area contributed by atoms with E-state index in [0.29, 0.717) is 15.9 Å². The number of benzene rings is 1. The Labute approximate surface area is 156 Å². The van der Waals surface area contributed by atoms with Gasteiger partial charge in [0.1, 0.15) is 17.7 Å². The molecule has 0 amide bonds. The lowest BCUT2D eigenvalue weighted by Gasteiger charge is -2.30. The maximum Gasteiger partial charge on any atom is 0.196 e. The Morgan fingerprint density at radius 2 is 2.04 bits per heavy atom. The fourth-order valence-electron chi connectivity index (χ4n) is 2.59. The maximum absolute atomic E-state index is 6.08. The highest BCUT2D eigenvalue weighted by Gasteiger charge is 2.22. The summed E-state index contributed by atoms with van der Waals surface area (Å²) in [6, 6.07) is 8.37. The largest absolute Gasteiger partial charge is 0.490 e. The van der Waals surface area contributed by atoms with E-state index in [1.807, 2.05) is 11.0 Å². The number of nitrogens with two attached hydrogens (primary N) is 2. The van der Waals surface area contributed by atoms with Gasteiger partial charge in [0.25, 0.3) is 0 Å². The molecule has 0 saturated carbocycles. The van der Waals surface area contributed by atoms with Crippen molar-refractivity contribution in [1.82, 2.24) is 10.2 Å². The van der Waals surface area contributed by atoms with E-state index in [9.17, 15) is 0 Å². The molecule has 0 aromatic heterocycles. The van der Waals surface area contributed by atoms with Crippen LogP contribution in [-0.4, -0.2) is 36.1 Å². The zero-order chi connectivity index (χ0) is 17.9. The number of piperidine rings is 1. The van der Waals surface area contributed by atoms with E-state index in [1.54, 1.807) is 18.2 Å². The van der Waals surface area contributed by atoms with Crippen molar-refractivity contribution in [2.75, 3.05) is 13.1 Å². The first-order valence-electron chi connectivity index (χ1n) is 7.90. The van der Waals surface area contributed by atoms with Gasteiger partial charge in [-0.1, -0.05) is 23.2 Å². The first-order valence-corrected chi connectivity index (χ1v) is 8.66. The van der Waals surface area contributed by atoms with Crippen LogP contribution in [0.2, 0.25) is 10.0 Å². The first-order chi connectivity index (χ1) is 11.9. The molecule has 1 atom stereocenters. The predicted octanol–water partition coefficient (Wildman–Crippen LogP) is 1.88. The Bertz CT molecular complexity index is 762. The predicted molar refractivity (Wildman–Crippen MR) is 100 cm³/mol. The van der Waals surface area contributed by atoms with Gasteiger partial charge in [0.2, 0.25) is 0 Å². The van der Waals surface area contributed by atoms with Gasteiger partial charge in [-0.05, 0) is 18.1 Å². The zero-order valence-corrected chi connectivity index (χ0v) is 15.0. The highest BCUT2D eigenvalue weighted by atomic mass is 35.5. The van der Waals surface area contributed by atoms with Crippen LogP contribution >= 0.6 is 23.2 Å². The van der Waals surface area contributed by atoms with Crippen LogP contribution in [0.3, 0.4) is 0 Å². The molecule has 2 heterocycles. The molecule has 132 valence electrons. The molecule has 0 bridgehead atoms. The van der Waals surface area contributed by atoms with E-state index in [4.69, 9.17) is 39.4 Å². The minimum absolute atomic E-state index is 0.120. The van der Waals surface area contributed by atoms with Crippen LogP contribution in [0.25, 0.3) is 0 Å². The number of halogens is 2. The Balaban J connectivity index is 1.54. The molecule has 3 rings (SSSR count). The number of rotatable bonds is 2. The summed E-state index contributed by atoms with van der Waals surface area (Å²) in [5, 5.41) is 3.77. The summed E-state index contributed by atoms with van der Waals surface area (Å²) in [4.78, 5) is 6.14. The molecule has 2 aliphatic heterocycles. The standard InChI is InChI=1S/C17H19Cl2N5O/c18-14-2-1-13(9-15(14)19)25-12-3-6-24(7-4-12)8-5-17(21)10-16(20)22-11-23-17/h1-2,9-12H,3-4,6-7,20-21H2,(H,22,23). The Morgan fingerprint density at radius 1 is 1.28 bits per heavy atom. The third-order valence-corrected chi connectivity index (χ3v) is 4.67. The zero-order valence-electron chi connectivity index (χ0n) is 13.5. The first kappa shape index (κ1) is 17.7. The highest BCUT2D eigenvalue weighted by Crippen LogP contribution is 2.28. The molecule has 1 aromatic carbocycles. The molecule has 5 N–H and O–H groups in total. The molecular formula is C17H19Cl2N5O. The minimum atomic E-state index is -1.08. The SMILES string of the molecule is NC1=CC(N)(C#CN2CCC(Oc3ccc(Cl)c(Cl)c3)CC2)N=CN1. The molecule has 1 aromatic rings. The number of nitrogens with zero attached hydrogens (tertiary/aromatic N) is 2. The van der Waals surface area contributed by atoms with Gasteiger partial charge in [-0.2, -0.15) is 0 Å². The van der Waals surface area contributed by atoms with E-state index in [-0.39, 0.29) is 6.10 Å². The van der Waals surface area contributed by atoms with Gasteiger partial charge in [-0.3, -0.25) is 5.73 Å². The van der Waals surface area contributed by atoms with Gasteiger partial charge >= 0.3 is 0 Å².